The monoisotopic (exact) mass is 337 g/mol. The number of carboxylic acids is 1. The first-order valence-corrected chi connectivity index (χ1v) is 8.81. The topological polar surface area (TPSA) is 66.4 Å². The Morgan fingerprint density at radius 3 is 2.48 bits per heavy atom. The summed E-state index contributed by atoms with van der Waals surface area (Å²) >= 11 is 0. The number of hydrogen-bond acceptors (Lipinski definition) is 2. The maximum atomic E-state index is 12.6. The predicted molar refractivity (Wildman–Crippen MR) is 97.8 cm³/mol. The molecule has 2 N–H and O–H groups in total. The first kappa shape index (κ1) is 17.2. The lowest BCUT2D eigenvalue weighted by Gasteiger charge is -2.20. The zero-order valence-electron chi connectivity index (χ0n) is 14.2. The molecule has 0 heterocycles. The van der Waals surface area contributed by atoms with E-state index in [1.165, 1.54) is 17.5 Å². The van der Waals surface area contributed by atoms with Gasteiger partial charge in [-0.3, -0.25) is 9.59 Å². The minimum Gasteiger partial charge on any atom is -0.481 e. The Kier molecular flexibility index (Phi) is 5.49. The maximum absolute atomic E-state index is 12.6. The van der Waals surface area contributed by atoms with Crippen molar-refractivity contribution in [1.29, 1.82) is 0 Å². The molecule has 25 heavy (non-hydrogen) atoms. The van der Waals surface area contributed by atoms with E-state index in [1.807, 2.05) is 42.5 Å². The van der Waals surface area contributed by atoms with Crippen LogP contribution in [0.25, 0.3) is 0 Å². The van der Waals surface area contributed by atoms with Gasteiger partial charge in [-0.25, -0.2) is 0 Å². The number of rotatable bonds is 6. The highest BCUT2D eigenvalue weighted by Gasteiger charge is 2.20. The van der Waals surface area contributed by atoms with Crippen molar-refractivity contribution in [3.63, 3.8) is 0 Å². The van der Waals surface area contributed by atoms with E-state index in [0.29, 0.717) is 0 Å². The van der Waals surface area contributed by atoms with Crippen molar-refractivity contribution in [1.82, 2.24) is 0 Å². The number of aryl methyl sites for hydroxylation is 1. The molecule has 1 atom stereocenters. The molecule has 0 fully saturated rings. The Bertz CT molecular complexity index is 755. The van der Waals surface area contributed by atoms with Gasteiger partial charge in [0.1, 0.15) is 0 Å². The largest absolute Gasteiger partial charge is 0.481 e. The van der Waals surface area contributed by atoms with Gasteiger partial charge in [-0.2, -0.15) is 0 Å². The lowest BCUT2D eigenvalue weighted by Crippen LogP contribution is -2.19. The molecule has 0 unspecified atom stereocenters. The molecule has 2 aromatic carbocycles. The molecule has 1 amide bonds. The summed E-state index contributed by atoms with van der Waals surface area (Å²) < 4.78 is 0. The van der Waals surface area contributed by atoms with Crippen LogP contribution < -0.4 is 5.32 Å². The highest BCUT2D eigenvalue weighted by Crippen LogP contribution is 2.29. The van der Waals surface area contributed by atoms with Crippen LogP contribution in [0.4, 0.5) is 5.69 Å². The zero-order chi connectivity index (χ0) is 17.6. The SMILES string of the molecule is O=C(O)C[C@@H](CC(=O)Nc1cccc2c1CCCC2)c1ccccc1. The van der Waals surface area contributed by atoms with Crippen molar-refractivity contribution >= 4 is 17.6 Å². The van der Waals surface area contributed by atoms with Gasteiger partial charge in [-0.1, -0.05) is 42.5 Å². The third-order valence-electron chi connectivity index (χ3n) is 4.79. The molecule has 0 aromatic heterocycles. The number of carbonyl (C=O) groups excluding carboxylic acids is 1. The molecule has 0 bridgehead atoms. The molecular weight excluding hydrogens is 314 g/mol. The minimum atomic E-state index is -0.890. The highest BCUT2D eigenvalue weighted by atomic mass is 16.4. The second-order valence-electron chi connectivity index (χ2n) is 6.61. The van der Waals surface area contributed by atoms with E-state index in [1.54, 1.807) is 0 Å². The Morgan fingerprint density at radius 2 is 1.72 bits per heavy atom. The molecule has 4 heteroatoms. The molecule has 3 rings (SSSR count). The van der Waals surface area contributed by atoms with Gasteiger partial charge in [0.25, 0.3) is 0 Å². The van der Waals surface area contributed by atoms with Crippen LogP contribution >= 0.6 is 0 Å². The number of aliphatic carboxylic acids is 1. The van der Waals surface area contributed by atoms with E-state index in [9.17, 15) is 14.7 Å². The van der Waals surface area contributed by atoms with Crippen molar-refractivity contribution in [2.45, 2.75) is 44.4 Å². The Morgan fingerprint density at radius 1 is 0.960 bits per heavy atom. The third-order valence-corrected chi connectivity index (χ3v) is 4.79. The van der Waals surface area contributed by atoms with Crippen molar-refractivity contribution in [2.24, 2.45) is 0 Å². The smallest absolute Gasteiger partial charge is 0.303 e. The van der Waals surface area contributed by atoms with Crippen molar-refractivity contribution < 1.29 is 14.7 Å². The number of carbonyl (C=O) groups is 2. The van der Waals surface area contributed by atoms with Crippen LogP contribution in [0.3, 0.4) is 0 Å². The summed E-state index contributed by atoms with van der Waals surface area (Å²) in [7, 11) is 0. The van der Waals surface area contributed by atoms with Crippen LogP contribution in [0.15, 0.2) is 48.5 Å². The lowest BCUT2D eigenvalue weighted by molar-refractivity contribution is -0.137. The number of fused-ring (bicyclic) bond motifs is 1. The number of carboxylic acid groups (broad SMARTS) is 1. The van der Waals surface area contributed by atoms with Crippen molar-refractivity contribution in [3.8, 4) is 0 Å². The first-order chi connectivity index (χ1) is 12.1. The summed E-state index contributed by atoms with van der Waals surface area (Å²) in [5.74, 6) is -1.34. The number of nitrogens with one attached hydrogen (secondary N) is 1. The van der Waals surface area contributed by atoms with E-state index in [0.717, 1.165) is 30.5 Å². The molecule has 0 saturated carbocycles. The third kappa shape index (κ3) is 4.47. The van der Waals surface area contributed by atoms with Gasteiger partial charge < -0.3 is 10.4 Å². The Hall–Kier alpha value is -2.62. The van der Waals surface area contributed by atoms with E-state index >= 15 is 0 Å². The van der Waals surface area contributed by atoms with Gasteiger partial charge in [0, 0.05) is 18.0 Å². The molecule has 1 aliphatic carbocycles. The number of amides is 1. The Labute approximate surface area is 147 Å². The molecule has 2 aromatic rings. The normalized spacial score (nSPS) is 14.4. The van der Waals surface area contributed by atoms with Crippen LogP contribution in [0.5, 0.6) is 0 Å². The Balaban J connectivity index is 1.73. The molecule has 4 nitrogen and oxygen atoms in total. The van der Waals surface area contributed by atoms with E-state index in [4.69, 9.17) is 0 Å². The highest BCUT2D eigenvalue weighted by molar-refractivity contribution is 5.92. The summed E-state index contributed by atoms with van der Waals surface area (Å²) in [6.45, 7) is 0. The van der Waals surface area contributed by atoms with Gasteiger partial charge in [-0.15, -0.1) is 0 Å². The number of benzene rings is 2. The van der Waals surface area contributed by atoms with Crippen LogP contribution in [0.2, 0.25) is 0 Å². The fourth-order valence-corrected chi connectivity index (χ4v) is 3.57. The van der Waals surface area contributed by atoms with Gasteiger partial charge in [-0.05, 0) is 48.4 Å². The second kappa shape index (κ2) is 7.97. The zero-order valence-corrected chi connectivity index (χ0v) is 14.2. The molecule has 0 radical (unpaired) electrons. The summed E-state index contributed by atoms with van der Waals surface area (Å²) in [6, 6.07) is 15.4. The minimum absolute atomic E-state index is 0.0513. The fourth-order valence-electron chi connectivity index (χ4n) is 3.57. The van der Waals surface area contributed by atoms with Crippen LogP contribution in [-0.2, 0) is 22.4 Å². The van der Waals surface area contributed by atoms with E-state index in [2.05, 4.69) is 11.4 Å². The lowest BCUT2D eigenvalue weighted by atomic mass is 9.90. The van der Waals surface area contributed by atoms with Crippen LogP contribution in [0, 0.1) is 0 Å². The average molecular weight is 337 g/mol. The second-order valence-corrected chi connectivity index (χ2v) is 6.61. The number of anilines is 1. The standard InChI is InChI=1S/C21H23NO3/c23-20(13-17(14-21(24)25)15-7-2-1-3-8-15)22-19-12-6-10-16-9-4-5-11-18(16)19/h1-3,6-8,10,12,17H,4-5,9,11,13-14H2,(H,22,23)(H,24,25)/t17-/m1/s1. The maximum Gasteiger partial charge on any atom is 0.303 e. The van der Waals surface area contributed by atoms with E-state index < -0.39 is 5.97 Å². The molecule has 0 saturated heterocycles. The number of hydrogen-bond donors (Lipinski definition) is 2. The summed E-state index contributed by atoms with van der Waals surface area (Å²) in [5.41, 5.74) is 4.31. The molecule has 0 spiro atoms. The molecule has 1 aliphatic rings. The van der Waals surface area contributed by atoms with Gasteiger partial charge in [0.2, 0.25) is 5.91 Å². The first-order valence-electron chi connectivity index (χ1n) is 8.81. The summed E-state index contributed by atoms with van der Waals surface area (Å²) in [6.07, 6.45) is 4.50. The van der Waals surface area contributed by atoms with E-state index in [-0.39, 0.29) is 24.7 Å². The average Bonchev–Trinajstić information content (AvgIpc) is 2.62. The fraction of sp³-hybridized carbons (Fsp3) is 0.333. The quantitative estimate of drug-likeness (QED) is 0.832. The van der Waals surface area contributed by atoms with Gasteiger partial charge in [0.15, 0.2) is 0 Å². The summed E-state index contributed by atoms with van der Waals surface area (Å²) in [5, 5.41) is 12.2. The molecule has 0 aliphatic heterocycles. The predicted octanol–water partition coefficient (Wildman–Crippen LogP) is 4.15. The van der Waals surface area contributed by atoms with Crippen molar-refractivity contribution in [2.75, 3.05) is 5.32 Å². The van der Waals surface area contributed by atoms with Crippen molar-refractivity contribution in [3.05, 3.63) is 65.2 Å². The van der Waals surface area contributed by atoms with Crippen LogP contribution in [0.1, 0.15) is 48.3 Å². The molecule has 130 valence electrons. The van der Waals surface area contributed by atoms with Crippen LogP contribution in [-0.4, -0.2) is 17.0 Å². The van der Waals surface area contributed by atoms with Gasteiger partial charge >= 0.3 is 5.97 Å². The summed E-state index contributed by atoms with van der Waals surface area (Å²) in [4.78, 5) is 23.7. The molecular formula is C21H23NO3. The van der Waals surface area contributed by atoms with Gasteiger partial charge in [0.05, 0.1) is 6.42 Å².